The summed E-state index contributed by atoms with van der Waals surface area (Å²) in [6.07, 6.45) is -0.571. The number of ether oxygens (including phenoxy) is 2. The fourth-order valence-corrected chi connectivity index (χ4v) is 3.10. The first-order chi connectivity index (χ1) is 14.1. The minimum atomic E-state index is -0.571. The molecular weight excluding hydrogens is 495 g/mol. The summed E-state index contributed by atoms with van der Waals surface area (Å²) in [4.78, 5) is 9.30. The number of halogens is 1. The Bertz CT molecular complexity index is 581. The van der Waals surface area contributed by atoms with Crippen LogP contribution in [0.5, 0.6) is 5.75 Å². The Balaban J connectivity index is 0.00000450. The van der Waals surface area contributed by atoms with Crippen molar-refractivity contribution in [2.24, 2.45) is 10.9 Å². The molecule has 1 aromatic carbocycles. The summed E-state index contributed by atoms with van der Waals surface area (Å²) < 4.78 is 11.3. The van der Waals surface area contributed by atoms with E-state index in [9.17, 15) is 5.11 Å². The number of nitrogens with one attached hydrogen (secondary N) is 1. The SMILES string of the molecule is CCNC(=NCC(O)COCC(C)C)N1CCN(CCOc2ccccc2)CC1.I. The second kappa shape index (κ2) is 15.7. The van der Waals surface area contributed by atoms with Crippen LogP contribution in [-0.2, 0) is 4.74 Å². The van der Waals surface area contributed by atoms with Crippen molar-refractivity contribution in [3.8, 4) is 5.75 Å². The lowest BCUT2D eigenvalue weighted by atomic mass is 10.2. The molecule has 0 saturated carbocycles. The highest BCUT2D eigenvalue weighted by molar-refractivity contribution is 14.0. The molecule has 2 rings (SSSR count). The van der Waals surface area contributed by atoms with Gasteiger partial charge in [0, 0.05) is 45.9 Å². The number of rotatable bonds is 11. The molecule has 8 heteroatoms. The second-order valence-electron chi connectivity index (χ2n) is 7.77. The van der Waals surface area contributed by atoms with Gasteiger partial charge >= 0.3 is 0 Å². The lowest BCUT2D eigenvalue weighted by molar-refractivity contribution is 0.0300. The Morgan fingerprint density at radius 2 is 1.83 bits per heavy atom. The number of nitrogens with zero attached hydrogens (tertiary/aromatic N) is 3. The van der Waals surface area contributed by atoms with Crippen molar-refractivity contribution in [3.63, 3.8) is 0 Å². The van der Waals surface area contributed by atoms with E-state index in [1.165, 1.54) is 0 Å². The van der Waals surface area contributed by atoms with E-state index in [0.29, 0.717) is 32.3 Å². The molecule has 0 bridgehead atoms. The topological polar surface area (TPSA) is 69.6 Å². The molecule has 7 nitrogen and oxygen atoms in total. The van der Waals surface area contributed by atoms with Gasteiger partial charge in [-0.05, 0) is 25.0 Å². The Morgan fingerprint density at radius 3 is 2.47 bits per heavy atom. The molecule has 0 spiro atoms. The molecule has 1 fully saturated rings. The Kier molecular flexibility index (Phi) is 14.1. The second-order valence-corrected chi connectivity index (χ2v) is 7.77. The van der Waals surface area contributed by atoms with Gasteiger partial charge in [0.05, 0.1) is 19.3 Å². The van der Waals surface area contributed by atoms with Gasteiger partial charge in [-0.25, -0.2) is 0 Å². The van der Waals surface area contributed by atoms with Crippen molar-refractivity contribution in [1.82, 2.24) is 15.1 Å². The van der Waals surface area contributed by atoms with Gasteiger partial charge in [0.15, 0.2) is 5.96 Å². The molecule has 0 amide bonds. The fraction of sp³-hybridized carbons (Fsp3) is 0.682. The first-order valence-corrected chi connectivity index (χ1v) is 10.8. The zero-order valence-electron chi connectivity index (χ0n) is 18.6. The third kappa shape index (κ3) is 10.8. The van der Waals surface area contributed by atoms with E-state index in [1.807, 2.05) is 30.3 Å². The van der Waals surface area contributed by atoms with Gasteiger partial charge in [0.25, 0.3) is 0 Å². The zero-order chi connectivity index (χ0) is 20.9. The molecule has 1 aliphatic rings. The van der Waals surface area contributed by atoms with Crippen molar-refractivity contribution in [1.29, 1.82) is 0 Å². The van der Waals surface area contributed by atoms with Gasteiger partial charge < -0.3 is 24.8 Å². The quantitative estimate of drug-likeness (QED) is 0.258. The summed E-state index contributed by atoms with van der Waals surface area (Å²) in [6, 6.07) is 9.94. The van der Waals surface area contributed by atoms with E-state index in [1.54, 1.807) is 0 Å². The largest absolute Gasteiger partial charge is 0.492 e. The summed E-state index contributed by atoms with van der Waals surface area (Å²) in [6.45, 7) is 13.8. The van der Waals surface area contributed by atoms with Gasteiger partial charge in [-0.3, -0.25) is 9.89 Å². The minimum absolute atomic E-state index is 0. The maximum absolute atomic E-state index is 10.1. The molecule has 0 aliphatic carbocycles. The minimum Gasteiger partial charge on any atom is -0.492 e. The molecule has 1 aliphatic heterocycles. The van der Waals surface area contributed by atoms with E-state index < -0.39 is 6.10 Å². The van der Waals surface area contributed by atoms with E-state index in [4.69, 9.17) is 9.47 Å². The van der Waals surface area contributed by atoms with Crippen LogP contribution in [0.2, 0.25) is 0 Å². The summed E-state index contributed by atoms with van der Waals surface area (Å²) >= 11 is 0. The summed E-state index contributed by atoms with van der Waals surface area (Å²) in [7, 11) is 0. The molecule has 30 heavy (non-hydrogen) atoms. The predicted octanol–water partition coefficient (Wildman–Crippen LogP) is 2.30. The van der Waals surface area contributed by atoms with Gasteiger partial charge in [0.2, 0.25) is 0 Å². The van der Waals surface area contributed by atoms with Crippen molar-refractivity contribution >= 4 is 29.9 Å². The van der Waals surface area contributed by atoms with Crippen molar-refractivity contribution in [2.45, 2.75) is 26.9 Å². The number of piperazine rings is 1. The fourth-order valence-electron chi connectivity index (χ4n) is 3.10. The summed E-state index contributed by atoms with van der Waals surface area (Å²) in [5, 5.41) is 13.5. The Labute approximate surface area is 198 Å². The maximum Gasteiger partial charge on any atom is 0.194 e. The van der Waals surface area contributed by atoms with Crippen LogP contribution >= 0.6 is 24.0 Å². The highest BCUT2D eigenvalue weighted by Crippen LogP contribution is 2.09. The number of hydrogen-bond acceptors (Lipinski definition) is 5. The van der Waals surface area contributed by atoms with E-state index >= 15 is 0 Å². The van der Waals surface area contributed by atoms with Crippen LogP contribution in [0.1, 0.15) is 20.8 Å². The number of hydrogen-bond donors (Lipinski definition) is 2. The lowest BCUT2D eigenvalue weighted by Gasteiger charge is -2.36. The van der Waals surface area contributed by atoms with Crippen LogP contribution in [0.4, 0.5) is 0 Å². The third-order valence-corrected chi connectivity index (χ3v) is 4.64. The first-order valence-electron chi connectivity index (χ1n) is 10.8. The Morgan fingerprint density at radius 1 is 1.13 bits per heavy atom. The maximum atomic E-state index is 10.1. The molecule has 172 valence electrons. The molecule has 1 saturated heterocycles. The average Bonchev–Trinajstić information content (AvgIpc) is 2.72. The molecular formula is C22H39IN4O3. The van der Waals surface area contributed by atoms with E-state index in [-0.39, 0.29) is 24.0 Å². The van der Waals surface area contributed by atoms with Gasteiger partial charge in [-0.15, -0.1) is 24.0 Å². The summed E-state index contributed by atoms with van der Waals surface area (Å²) in [5.74, 6) is 2.26. The highest BCUT2D eigenvalue weighted by atomic mass is 127. The molecule has 1 unspecified atom stereocenters. The Hall–Kier alpha value is -1.10. The highest BCUT2D eigenvalue weighted by Gasteiger charge is 2.19. The predicted molar refractivity (Wildman–Crippen MR) is 133 cm³/mol. The number of aliphatic hydroxyl groups excluding tert-OH is 1. The van der Waals surface area contributed by atoms with Crippen LogP contribution in [0.25, 0.3) is 0 Å². The van der Waals surface area contributed by atoms with E-state index in [0.717, 1.165) is 51.0 Å². The average molecular weight is 534 g/mol. The standard InChI is InChI=1S/C22H38N4O3.HI/c1-4-23-22(24-16-20(27)18-28-17-19(2)3)26-12-10-25(11-13-26)14-15-29-21-8-6-5-7-9-21;/h5-9,19-20,27H,4,10-18H2,1-3H3,(H,23,24);1H. The molecule has 1 atom stereocenters. The number of benzene rings is 1. The van der Waals surface area contributed by atoms with Crippen LogP contribution in [0.15, 0.2) is 35.3 Å². The smallest absolute Gasteiger partial charge is 0.194 e. The first kappa shape index (κ1) is 26.9. The molecule has 0 radical (unpaired) electrons. The van der Waals surface area contributed by atoms with E-state index in [2.05, 4.69) is 40.9 Å². The van der Waals surface area contributed by atoms with Crippen molar-refractivity contribution < 1.29 is 14.6 Å². The lowest BCUT2D eigenvalue weighted by Crippen LogP contribution is -2.53. The zero-order valence-corrected chi connectivity index (χ0v) is 21.0. The molecule has 2 N–H and O–H groups in total. The monoisotopic (exact) mass is 534 g/mol. The van der Waals surface area contributed by atoms with Crippen molar-refractivity contribution in [3.05, 3.63) is 30.3 Å². The van der Waals surface area contributed by atoms with Gasteiger partial charge in [-0.2, -0.15) is 0 Å². The molecule has 1 aromatic rings. The normalized spacial score (nSPS) is 16.3. The van der Waals surface area contributed by atoms with Crippen LogP contribution in [-0.4, -0.2) is 92.6 Å². The third-order valence-electron chi connectivity index (χ3n) is 4.64. The van der Waals surface area contributed by atoms with Crippen LogP contribution in [0, 0.1) is 5.92 Å². The van der Waals surface area contributed by atoms with Crippen LogP contribution in [0.3, 0.4) is 0 Å². The van der Waals surface area contributed by atoms with Crippen LogP contribution < -0.4 is 10.1 Å². The number of aliphatic hydroxyl groups is 1. The number of guanidine groups is 1. The summed E-state index contributed by atoms with van der Waals surface area (Å²) in [5.41, 5.74) is 0. The number of para-hydroxylation sites is 1. The molecule has 0 aromatic heterocycles. The molecule has 1 heterocycles. The van der Waals surface area contributed by atoms with Gasteiger partial charge in [0.1, 0.15) is 12.4 Å². The van der Waals surface area contributed by atoms with Crippen molar-refractivity contribution in [2.75, 3.05) is 65.6 Å². The van der Waals surface area contributed by atoms with Gasteiger partial charge in [-0.1, -0.05) is 32.0 Å². The number of aliphatic imine (C=N–C) groups is 1.